The van der Waals surface area contributed by atoms with Crippen LogP contribution >= 0.6 is 35.0 Å². The lowest BCUT2D eigenvalue weighted by Crippen LogP contribution is -2.36. The van der Waals surface area contributed by atoms with Crippen LogP contribution in [-0.4, -0.2) is 29.2 Å². The van der Waals surface area contributed by atoms with Gasteiger partial charge in [0.15, 0.2) is 11.5 Å². The Bertz CT molecular complexity index is 1120. The second-order valence-corrected chi connectivity index (χ2v) is 9.37. The Labute approximate surface area is 208 Å². The second-order valence-electron chi connectivity index (χ2n) is 7.54. The number of hydrogen-bond donors (Lipinski definition) is 0. The molecule has 1 aliphatic rings. The minimum Gasteiger partial charge on any atom is -0.493 e. The molecule has 0 spiro atoms. The maximum Gasteiger partial charge on any atom is 0.293 e. The van der Waals surface area contributed by atoms with Gasteiger partial charge >= 0.3 is 0 Å². The van der Waals surface area contributed by atoms with E-state index in [2.05, 4.69) is 6.58 Å². The summed E-state index contributed by atoms with van der Waals surface area (Å²) in [6, 6.07) is 8.77. The molecule has 0 bridgehead atoms. The molecule has 1 atom stereocenters. The van der Waals surface area contributed by atoms with Crippen molar-refractivity contribution in [3.05, 3.63) is 74.6 Å². The van der Waals surface area contributed by atoms with Gasteiger partial charge in [0.2, 0.25) is 0 Å². The highest BCUT2D eigenvalue weighted by atomic mass is 35.5. The molecule has 0 aromatic heterocycles. The molecular formula is C25H25Cl2NO4S. The van der Waals surface area contributed by atoms with Gasteiger partial charge in [-0.05, 0) is 67.4 Å². The van der Waals surface area contributed by atoms with Gasteiger partial charge in [-0.3, -0.25) is 14.5 Å². The van der Waals surface area contributed by atoms with Gasteiger partial charge in [-0.25, -0.2) is 0 Å². The molecule has 33 heavy (non-hydrogen) atoms. The number of amides is 2. The van der Waals surface area contributed by atoms with E-state index in [4.69, 9.17) is 32.7 Å². The minimum atomic E-state index is -0.277. The van der Waals surface area contributed by atoms with Crippen molar-refractivity contribution in [3.8, 4) is 11.5 Å². The third-order valence-corrected chi connectivity index (χ3v) is 6.75. The fourth-order valence-corrected chi connectivity index (χ4v) is 4.76. The van der Waals surface area contributed by atoms with Crippen molar-refractivity contribution in [2.45, 2.75) is 39.3 Å². The summed E-state index contributed by atoms with van der Waals surface area (Å²) < 4.78 is 11.7. The standard InChI is InChI=1S/C25H25Cl2NO4S/c1-5-7-17-10-16(12-22-24(29)28(15(3)6-2)25(30)33-22)11-21(31-4)23(17)32-14-18-8-9-19(26)13-20(18)27/h5,8-13,15H,1,6-7,14H2,2-4H3/b22-12+/t15-/m1/s1. The van der Waals surface area contributed by atoms with E-state index in [1.165, 1.54) is 4.90 Å². The Hall–Kier alpha value is -2.41. The molecule has 8 heteroatoms. The summed E-state index contributed by atoms with van der Waals surface area (Å²) in [6.45, 7) is 7.87. The molecule has 2 amide bonds. The number of thioether (sulfide) groups is 1. The molecule has 2 aromatic rings. The van der Waals surface area contributed by atoms with Crippen LogP contribution in [0.2, 0.25) is 10.0 Å². The molecule has 1 aliphatic heterocycles. The molecule has 1 heterocycles. The lowest BCUT2D eigenvalue weighted by molar-refractivity contribution is -0.124. The van der Waals surface area contributed by atoms with E-state index in [1.807, 2.05) is 26.0 Å². The van der Waals surface area contributed by atoms with Gasteiger partial charge in [-0.15, -0.1) is 6.58 Å². The Morgan fingerprint density at radius 3 is 2.58 bits per heavy atom. The molecule has 1 saturated heterocycles. The Kier molecular flexibility index (Phi) is 8.51. The van der Waals surface area contributed by atoms with Crippen molar-refractivity contribution in [2.24, 2.45) is 0 Å². The zero-order valence-electron chi connectivity index (χ0n) is 18.7. The summed E-state index contributed by atoms with van der Waals surface area (Å²) in [5.74, 6) is 0.793. The number of halogens is 2. The highest BCUT2D eigenvalue weighted by Gasteiger charge is 2.37. The topological polar surface area (TPSA) is 55.8 Å². The number of methoxy groups -OCH3 is 1. The first-order valence-electron chi connectivity index (χ1n) is 10.4. The zero-order chi connectivity index (χ0) is 24.1. The first-order valence-corrected chi connectivity index (χ1v) is 12.0. The lowest BCUT2D eigenvalue weighted by Gasteiger charge is -2.19. The van der Waals surface area contributed by atoms with E-state index < -0.39 is 0 Å². The molecule has 0 aliphatic carbocycles. The van der Waals surface area contributed by atoms with Crippen LogP contribution in [0.1, 0.15) is 37.0 Å². The van der Waals surface area contributed by atoms with Gasteiger partial charge < -0.3 is 9.47 Å². The molecule has 0 saturated carbocycles. The summed E-state index contributed by atoms with van der Waals surface area (Å²) in [5.41, 5.74) is 2.35. The minimum absolute atomic E-state index is 0.148. The second kappa shape index (κ2) is 11.1. The van der Waals surface area contributed by atoms with Gasteiger partial charge in [-0.2, -0.15) is 0 Å². The van der Waals surface area contributed by atoms with E-state index in [0.29, 0.717) is 39.3 Å². The zero-order valence-corrected chi connectivity index (χ0v) is 21.0. The third kappa shape index (κ3) is 5.75. The summed E-state index contributed by atoms with van der Waals surface area (Å²) >= 11 is 13.2. The Balaban J connectivity index is 1.93. The van der Waals surface area contributed by atoms with Crippen LogP contribution in [0.4, 0.5) is 4.79 Å². The molecule has 5 nitrogen and oxygen atoms in total. The van der Waals surface area contributed by atoms with Crippen molar-refractivity contribution in [2.75, 3.05) is 7.11 Å². The van der Waals surface area contributed by atoms with E-state index in [9.17, 15) is 9.59 Å². The fraction of sp³-hybridized carbons (Fsp3) is 0.280. The summed E-state index contributed by atoms with van der Waals surface area (Å²) in [5, 5.41) is 0.815. The number of carbonyl (C=O) groups is 2. The average molecular weight is 506 g/mol. The van der Waals surface area contributed by atoms with Crippen LogP contribution in [0.3, 0.4) is 0 Å². The fourth-order valence-electron chi connectivity index (χ4n) is 3.37. The third-order valence-electron chi connectivity index (χ3n) is 5.28. The van der Waals surface area contributed by atoms with Gasteiger partial charge in [0.25, 0.3) is 11.1 Å². The van der Waals surface area contributed by atoms with E-state index >= 15 is 0 Å². The normalized spacial score (nSPS) is 15.8. The van der Waals surface area contributed by atoms with Crippen LogP contribution in [0.5, 0.6) is 11.5 Å². The maximum atomic E-state index is 12.8. The first kappa shape index (κ1) is 25.2. The van der Waals surface area contributed by atoms with Gasteiger partial charge in [0.1, 0.15) is 6.61 Å². The molecule has 0 radical (unpaired) electrons. The van der Waals surface area contributed by atoms with Gasteiger partial charge in [-0.1, -0.05) is 42.3 Å². The number of nitrogens with zero attached hydrogens (tertiary/aromatic N) is 1. The molecule has 0 unspecified atom stereocenters. The monoisotopic (exact) mass is 505 g/mol. The molecule has 174 valence electrons. The van der Waals surface area contributed by atoms with Crippen LogP contribution in [0, 0.1) is 0 Å². The Morgan fingerprint density at radius 1 is 1.18 bits per heavy atom. The number of rotatable bonds is 9. The van der Waals surface area contributed by atoms with Crippen molar-refractivity contribution in [1.29, 1.82) is 0 Å². The van der Waals surface area contributed by atoms with Crippen LogP contribution in [0.15, 0.2) is 47.9 Å². The van der Waals surface area contributed by atoms with Gasteiger partial charge in [0, 0.05) is 27.2 Å². The number of ether oxygens (including phenoxy) is 2. The molecule has 3 rings (SSSR count). The van der Waals surface area contributed by atoms with E-state index in [-0.39, 0.29) is 23.8 Å². The molecule has 2 aromatic carbocycles. The van der Waals surface area contributed by atoms with Crippen molar-refractivity contribution in [1.82, 2.24) is 4.90 Å². The number of hydrogen-bond acceptors (Lipinski definition) is 5. The van der Waals surface area contributed by atoms with Crippen LogP contribution < -0.4 is 9.47 Å². The highest BCUT2D eigenvalue weighted by molar-refractivity contribution is 8.18. The predicted molar refractivity (Wildman–Crippen MR) is 135 cm³/mol. The first-order chi connectivity index (χ1) is 15.8. The van der Waals surface area contributed by atoms with Crippen LogP contribution in [-0.2, 0) is 17.8 Å². The summed E-state index contributed by atoms with van der Waals surface area (Å²) in [4.78, 5) is 26.8. The predicted octanol–water partition coefficient (Wildman–Crippen LogP) is 7.14. The maximum absolute atomic E-state index is 12.8. The Morgan fingerprint density at radius 2 is 1.94 bits per heavy atom. The summed E-state index contributed by atoms with van der Waals surface area (Å²) in [6.07, 6.45) is 4.70. The SMILES string of the molecule is C=CCc1cc(/C=C2/SC(=O)N([C@H](C)CC)C2=O)cc(OC)c1OCc1ccc(Cl)cc1Cl. The largest absolute Gasteiger partial charge is 0.493 e. The molecule has 0 N–H and O–H groups in total. The number of imide groups is 1. The van der Waals surface area contributed by atoms with Crippen molar-refractivity contribution in [3.63, 3.8) is 0 Å². The van der Waals surface area contributed by atoms with Crippen molar-refractivity contribution >= 4 is 52.2 Å². The number of allylic oxidation sites excluding steroid dienone is 1. The van der Waals surface area contributed by atoms with Gasteiger partial charge in [0.05, 0.1) is 12.0 Å². The number of benzene rings is 2. The molecular weight excluding hydrogens is 481 g/mol. The quantitative estimate of drug-likeness (QED) is 0.267. The van der Waals surface area contributed by atoms with E-state index in [0.717, 1.165) is 28.5 Å². The highest BCUT2D eigenvalue weighted by Crippen LogP contribution is 2.38. The number of carbonyl (C=O) groups excluding carboxylic acids is 2. The van der Waals surface area contributed by atoms with Crippen molar-refractivity contribution < 1.29 is 19.1 Å². The average Bonchev–Trinajstić information content (AvgIpc) is 3.06. The summed E-state index contributed by atoms with van der Waals surface area (Å²) in [7, 11) is 1.55. The molecule has 1 fully saturated rings. The van der Waals surface area contributed by atoms with Crippen LogP contribution in [0.25, 0.3) is 6.08 Å². The van der Waals surface area contributed by atoms with E-state index in [1.54, 1.807) is 37.5 Å². The lowest BCUT2D eigenvalue weighted by atomic mass is 10.0. The smallest absolute Gasteiger partial charge is 0.293 e.